The highest BCUT2D eigenvalue weighted by atomic mass is 16.2. The molecule has 1 fully saturated rings. The monoisotopic (exact) mass is 377 g/mol. The maximum atomic E-state index is 12.7. The van der Waals surface area contributed by atoms with Gasteiger partial charge in [0, 0.05) is 38.2 Å². The van der Waals surface area contributed by atoms with Gasteiger partial charge in [0.2, 0.25) is 0 Å². The SMILES string of the molecule is Cc1nc2ccccn2c1C(=O)NCC1CCN(C(=O)c2cccnc2)CC1. The fourth-order valence-electron chi connectivity index (χ4n) is 3.72. The molecule has 0 saturated carbocycles. The fraction of sp³-hybridized carbons (Fsp3) is 0.333. The first-order chi connectivity index (χ1) is 13.6. The van der Waals surface area contributed by atoms with E-state index in [2.05, 4.69) is 15.3 Å². The fourth-order valence-corrected chi connectivity index (χ4v) is 3.72. The van der Waals surface area contributed by atoms with Crippen molar-refractivity contribution in [1.29, 1.82) is 0 Å². The van der Waals surface area contributed by atoms with Crippen molar-refractivity contribution in [2.24, 2.45) is 5.92 Å². The molecule has 3 aromatic rings. The van der Waals surface area contributed by atoms with Crippen LogP contribution in [0.25, 0.3) is 5.65 Å². The zero-order valence-electron chi connectivity index (χ0n) is 15.8. The van der Waals surface area contributed by atoms with E-state index in [0.29, 0.717) is 36.8 Å². The number of likely N-dealkylation sites (tertiary alicyclic amines) is 1. The summed E-state index contributed by atoms with van der Waals surface area (Å²) in [5, 5.41) is 3.05. The van der Waals surface area contributed by atoms with Gasteiger partial charge in [-0.25, -0.2) is 4.98 Å². The second-order valence-corrected chi connectivity index (χ2v) is 7.16. The first-order valence-corrected chi connectivity index (χ1v) is 9.54. The minimum absolute atomic E-state index is 0.0249. The van der Waals surface area contributed by atoms with Crippen molar-refractivity contribution in [3.8, 4) is 0 Å². The molecule has 0 radical (unpaired) electrons. The predicted molar refractivity (Wildman–Crippen MR) is 105 cm³/mol. The Labute approximate surface area is 163 Å². The molecule has 7 nitrogen and oxygen atoms in total. The van der Waals surface area contributed by atoms with Gasteiger partial charge in [0.25, 0.3) is 11.8 Å². The number of hydrogen-bond donors (Lipinski definition) is 1. The molecule has 4 heterocycles. The largest absolute Gasteiger partial charge is 0.350 e. The Balaban J connectivity index is 1.32. The number of pyridine rings is 2. The van der Waals surface area contributed by atoms with Crippen molar-refractivity contribution in [2.75, 3.05) is 19.6 Å². The number of piperidine rings is 1. The van der Waals surface area contributed by atoms with Crippen molar-refractivity contribution in [3.63, 3.8) is 0 Å². The molecule has 1 aliphatic rings. The van der Waals surface area contributed by atoms with Crippen molar-refractivity contribution < 1.29 is 9.59 Å². The van der Waals surface area contributed by atoms with Crippen LogP contribution in [0.2, 0.25) is 0 Å². The number of nitrogens with one attached hydrogen (secondary N) is 1. The van der Waals surface area contributed by atoms with Crippen LogP contribution in [0.5, 0.6) is 0 Å². The van der Waals surface area contributed by atoms with Gasteiger partial charge in [-0.1, -0.05) is 6.07 Å². The van der Waals surface area contributed by atoms with Crippen LogP contribution in [-0.4, -0.2) is 50.7 Å². The van der Waals surface area contributed by atoms with Crippen molar-refractivity contribution in [3.05, 3.63) is 65.9 Å². The maximum Gasteiger partial charge on any atom is 0.270 e. The highest BCUT2D eigenvalue weighted by Gasteiger charge is 2.25. The molecule has 7 heteroatoms. The van der Waals surface area contributed by atoms with Gasteiger partial charge in [-0.15, -0.1) is 0 Å². The van der Waals surface area contributed by atoms with E-state index in [1.807, 2.05) is 40.6 Å². The number of fused-ring (bicyclic) bond motifs is 1. The lowest BCUT2D eigenvalue weighted by molar-refractivity contribution is 0.0683. The number of imidazole rings is 1. The second kappa shape index (κ2) is 7.80. The third kappa shape index (κ3) is 3.60. The van der Waals surface area contributed by atoms with Gasteiger partial charge < -0.3 is 10.2 Å². The molecule has 0 atom stereocenters. The molecule has 1 N–H and O–H groups in total. The predicted octanol–water partition coefficient (Wildman–Crippen LogP) is 2.32. The number of carbonyl (C=O) groups excluding carboxylic acids is 2. The lowest BCUT2D eigenvalue weighted by Crippen LogP contribution is -2.41. The molecule has 0 unspecified atom stereocenters. The van der Waals surface area contributed by atoms with Crippen molar-refractivity contribution in [1.82, 2.24) is 24.6 Å². The molecular weight excluding hydrogens is 354 g/mol. The second-order valence-electron chi connectivity index (χ2n) is 7.16. The Hall–Kier alpha value is -3.22. The number of carbonyl (C=O) groups is 2. The number of aryl methyl sites for hydroxylation is 1. The van der Waals surface area contributed by atoms with E-state index in [9.17, 15) is 9.59 Å². The van der Waals surface area contributed by atoms with Crippen LogP contribution in [-0.2, 0) is 0 Å². The number of nitrogens with zero attached hydrogens (tertiary/aromatic N) is 4. The molecule has 1 saturated heterocycles. The summed E-state index contributed by atoms with van der Waals surface area (Å²) in [6, 6.07) is 9.25. The van der Waals surface area contributed by atoms with Crippen molar-refractivity contribution in [2.45, 2.75) is 19.8 Å². The van der Waals surface area contributed by atoms with Gasteiger partial charge in [-0.3, -0.25) is 19.0 Å². The molecule has 3 aromatic heterocycles. The molecule has 0 spiro atoms. The van der Waals surface area contributed by atoms with E-state index in [0.717, 1.165) is 24.2 Å². The topological polar surface area (TPSA) is 79.6 Å². The Morgan fingerprint density at radius 1 is 1.18 bits per heavy atom. The van der Waals surface area contributed by atoms with E-state index < -0.39 is 0 Å². The number of amides is 2. The van der Waals surface area contributed by atoms with E-state index in [1.165, 1.54) is 0 Å². The zero-order chi connectivity index (χ0) is 19.5. The van der Waals surface area contributed by atoms with Crippen LogP contribution in [0.15, 0.2) is 48.9 Å². The van der Waals surface area contributed by atoms with E-state index >= 15 is 0 Å². The van der Waals surface area contributed by atoms with Crippen LogP contribution >= 0.6 is 0 Å². The zero-order valence-corrected chi connectivity index (χ0v) is 15.8. The Kier molecular flexibility index (Phi) is 5.06. The Bertz CT molecular complexity index is 990. The minimum Gasteiger partial charge on any atom is -0.350 e. The summed E-state index contributed by atoms with van der Waals surface area (Å²) in [6.07, 6.45) is 6.87. The first kappa shape index (κ1) is 18.2. The minimum atomic E-state index is -0.106. The molecule has 0 aliphatic carbocycles. The molecule has 1 aliphatic heterocycles. The van der Waals surface area contributed by atoms with Gasteiger partial charge in [0.1, 0.15) is 11.3 Å². The molecular formula is C21H23N5O2. The Morgan fingerprint density at radius 3 is 2.75 bits per heavy atom. The number of aromatic nitrogens is 3. The molecule has 4 rings (SSSR count). The molecule has 144 valence electrons. The summed E-state index contributed by atoms with van der Waals surface area (Å²) in [4.78, 5) is 35.5. The molecule has 2 amide bonds. The third-order valence-corrected chi connectivity index (χ3v) is 5.28. The highest BCUT2D eigenvalue weighted by molar-refractivity contribution is 5.95. The van der Waals surface area contributed by atoms with E-state index in [-0.39, 0.29) is 11.8 Å². The van der Waals surface area contributed by atoms with Gasteiger partial charge in [0.15, 0.2) is 0 Å². The van der Waals surface area contributed by atoms with E-state index in [1.54, 1.807) is 24.5 Å². The van der Waals surface area contributed by atoms with Crippen molar-refractivity contribution >= 4 is 17.5 Å². The van der Waals surface area contributed by atoms with E-state index in [4.69, 9.17) is 0 Å². The average molecular weight is 377 g/mol. The molecule has 0 bridgehead atoms. The maximum absolute atomic E-state index is 12.7. The standard InChI is InChI=1S/C21H23N5O2/c1-15-19(26-10-3-2-6-18(26)24-15)20(27)23-13-16-7-11-25(12-8-16)21(28)17-5-4-9-22-14-17/h2-6,9-10,14,16H,7-8,11-13H2,1H3,(H,23,27). The van der Waals surface area contributed by atoms with Crippen LogP contribution < -0.4 is 5.32 Å². The van der Waals surface area contributed by atoms with Crippen LogP contribution in [0.1, 0.15) is 39.4 Å². The molecule has 0 aromatic carbocycles. The third-order valence-electron chi connectivity index (χ3n) is 5.28. The first-order valence-electron chi connectivity index (χ1n) is 9.54. The van der Waals surface area contributed by atoms with Crippen LogP contribution in [0.3, 0.4) is 0 Å². The van der Waals surface area contributed by atoms with Gasteiger partial charge >= 0.3 is 0 Å². The van der Waals surface area contributed by atoms with Gasteiger partial charge in [-0.05, 0) is 49.9 Å². The summed E-state index contributed by atoms with van der Waals surface area (Å²) >= 11 is 0. The number of hydrogen-bond acceptors (Lipinski definition) is 4. The lowest BCUT2D eigenvalue weighted by Gasteiger charge is -2.32. The van der Waals surface area contributed by atoms with Gasteiger partial charge in [0.05, 0.1) is 11.3 Å². The molecule has 28 heavy (non-hydrogen) atoms. The lowest BCUT2D eigenvalue weighted by atomic mass is 9.96. The normalized spacial score (nSPS) is 15.0. The average Bonchev–Trinajstić information content (AvgIpc) is 3.08. The smallest absolute Gasteiger partial charge is 0.270 e. The summed E-state index contributed by atoms with van der Waals surface area (Å²) in [6.45, 7) is 3.85. The number of rotatable bonds is 4. The summed E-state index contributed by atoms with van der Waals surface area (Å²) in [5.41, 5.74) is 2.70. The summed E-state index contributed by atoms with van der Waals surface area (Å²) in [5.74, 6) is 0.281. The highest BCUT2D eigenvalue weighted by Crippen LogP contribution is 2.19. The van der Waals surface area contributed by atoms with Crippen LogP contribution in [0, 0.1) is 12.8 Å². The quantitative estimate of drug-likeness (QED) is 0.757. The van der Waals surface area contributed by atoms with Gasteiger partial charge in [-0.2, -0.15) is 0 Å². The van der Waals surface area contributed by atoms with Crippen LogP contribution in [0.4, 0.5) is 0 Å². The summed E-state index contributed by atoms with van der Waals surface area (Å²) in [7, 11) is 0. The Morgan fingerprint density at radius 2 is 2.00 bits per heavy atom. The summed E-state index contributed by atoms with van der Waals surface area (Å²) < 4.78 is 1.82.